The molecule has 0 saturated carbocycles. The van der Waals surface area contributed by atoms with Crippen molar-refractivity contribution in [2.75, 3.05) is 0 Å². The Morgan fingerprint density at radius 2 is 1.82 bits per heavy atom. The van der Waals surface area contributed by atoms with Crippen LogP contribution in [0, 0.1) is 11.3 Å². The zero-order valence-corrected chi connectivity index (χ0v) is 10.7. The molecule has 1 atom stereocenters. The standard InChI is InChI=1S/C9H21OSi/c1-7(2)6-8(10-11)9(3,4)5/h8H,6H2,1-5,11H3. The lowest BCUT2D eigenvalue weighted by Gasteiger charge is -2.31. The Morgan fingerprint density at radius 3 is 1.91 bits per heavy atom. The first-order valence-electron chi connectivity index (χ1n) is 4.19. The van der Waals surface area contributed by atoms with Gasteiger partial charge < -0.3 is 4.43 Å². The van der Waals surface area contributed by atoms with Gasteiger partial charge in [-0.15, -0.1) is 0 Å². The molecule has 67 valence electrons. The van der Waals surface area contributed by atoms with Crippen LogP contribution < -0.4 is 0 Å². The summed E-state index contributed by atoms with van der Waals surface area (Å²) in [6.45, 7) is 11.0. The molecule has 0 saturated heterocycles. The quantitative estimate of drug-likeness (QED) is 0.590. The fourth-order valence-electron chi connectivity index (χ4n) is 1.11. The van der Waals surface area contributed by atoms with Crippen molar-refractivity contribution in [1.82, 2.24) is 0 Å². The Morgan fingerprint density at radius 1 is 1.36 bits per heavy atom. The lowest BCUT2D eigenvalue weighted by molar-refractivity contribution is 0.0923. The van der Waals surface area contributed by atoms with Crippen molar-refractivity contribution in [2.24, 2.45) is 5.41 Å². The highest BCUT2D eigenvalue weighted by Crippen LogP contribution is 2.27. The van der Waals surface area contributed by atoms with E-state index in [1.165, 1.54) is 5.92 Å². The van der Waals surface area contributed by atoms with Gasteiger partial charge in [0.2, 0.25) is 0 Å². The summed E-state index contributed by atoms with van der Waals surface area (Å²) in [6, 6.07) is 0. The molecule has 0 spiro atoms. The van der Waals surface area contributed by atoms with E-state index in [4.69, 9.17) is 4.43 Å². The largest absolute Gasteiger partial charge is 0.425 e. The average molecular weight is 173 g/mol. The normalized spacial score (nSPS) is 15.8. The van der Waals surface area contributed by atoms with Crippen LogP contribution in [-0.4, -0.2) is 16.6 Å². The third kappa shape index (κ3) is 4.59. The van der Waals surface area contributed by atoms with E-state index in [9.17, 15) is 0 Å². The summed E-state index contributed by atoms with van der Waals surface area (Å²) in [5, 5.41) is 0. The van der Waals surface area contributed by atoms with Gasteiger partial charge in [0, 0.05) is 6.10 Å². The van der Waals surface area contributed by atoms with Gasteiger partial charge in [0.15, 0.2) is 0 Å². The first-order chi connectivity index (χ1) is 4.88. The van der Waals surface area contributed by atoms with Gasteiger partial charge in [-0.05, 0) is 17.8 Å². The van der Waals surface area contributed by atoms with Gasteiger partial charge in [0.25, 0.3) is 0 Å². The summed E-state index contributed by atoms with van der Waals surface area (Å²) in [7, 11) is 0.845. The Balaban J connectivity index is 3.96. The molecule has 0 aliphatic heterocycles. The molecular formula is C9H21OSi. The summed E-state index contributed by atoms with van der Waals surface area (Å²) in [5.74, 6) is 1.46. The summed E-state index contributed by atoms with van der Waals surface area (Å²) >= 11 is 0. The second-order valence-corrected chi connectivity index (χ2v) is 4.97. The Kier molecular flexibility index (Phi) is 4.33. The maximum Gasteiger partial charge on any atom is 0.146 e. The molecule has 1 radical (unpaired) electrons. The molecule has 0 N–H and O–H groups in total. The molecule has 2 heteroatoms. The van der Waals surface area contributed by atoms with Gasteiger partial charge in [-0.2, -0.15) is 0 Å². The number of hydrogen-bond donors (Lipinski definition) is 0. The first kappa shape index (κ1) is 11.2. The van der Waals surface area contributed by atoms with E-state index >= 15 is 0 Å². The van der Waals surface area contributed by atoms with E-state index < -0.39 is 0 Å². The molecule has 11 heavy (non-hydrogen) atoms. The maximum atomic E-state index is 5.54. The van der Waals surface area contributed by atoms with Crippen molar-refractivity contribution in [3.63, 3.8) is 0 Å². The van der Waals surface area contributed by atoms with Crippen molar-refractivity contribution in [2.45, 2.75) is 47.1 Å². The molecule has 0 aliphatic carbocycles. The summed E-state index contributed by atoms with van der Waals surface area (Å²) < 4.78 is 5.54. The fourth-order valence-corrected chi connectivity index (χ4v) is 1.99. The van der Waals surface area contributed by atoms with E-state index in [2.05, 4.69) is 34.6 Å². The molecule has 0 bridgehead atoms. The summed E-state index contributed by atoms with van der Waals surface area (Å²) in [5.41, 5.74) is 0.291. The molecule has 1 nitrogen and oxygen atoms in total. The fraction of sp³-hybridized carbons (Fsp3) is 0.889. The molecule has 0 aromatic heterocycles. The van der Waals surface area contributed by atoms with Crippen molar-refractivity contribution in [1.29, 1.82) is 0 Å². The Bertz CT molecular complexity index is 105. The Labute approximate surface area is 74.1 Å². The van der Waals surface area contributed by atoms with Crippen LogP contribution in [0.15, 0.2) is 0 Å². The third-order valence-electron chi connectivity index (χ3n) is 1.84. The summed E-state index contributed by atoms with van der Waals surface area (Å²) in [4.78, 5) is 0. The zero-order chi connectivity index (χ0) is 9.07. The molecule has 0 heterocycles. The van der Waals surface area contributed by atoms with Crippen molar-refractivity contribution >= 4 is 10.5 Å². The Hall–Kier alpha value is 0.177. The molecule has 0 fully saturated rings. The number of hydrogen-bond acceptors (Lipinski definition) is 1. The molecular weight excluding hydrogens is 152 g/mol. The predicted molar refractivity (Wildman–Crippen MR) is 53.5 cm³/mol. The first-order valence-corrected chi connectivity index (χ1v) is 5.01. The van der Waals surface area contributed by atoms with Crippen LogP contribution in [0.3, 0.4) is 0 Å². The molecule has 1 unspecified atom stereocenters. The smallest absolute Gasteiger partial charge is 0.146 e. The SMILES string of the molecule is C[C](C)CC(O[SiH3])C(C)(C)C. The van der Waals surface area contributed by atoms with Crippen LogP contribution in [0.2, 0.25) is 0 Å². The van der Waals surface area contributed by atoms with E-state index in [0.717, 1.165) is 16.9 Å². The molecule has 0 aliphatic rings. The average Bonchev–Trinajstić information content (AvgIpc) is 1.79. The second kappa shape index (κ2) is 4.26. The van der Waals surface area contributed by atoms with Crippen molar-refractivity contribution in [3.8, 4) is 0 Å². The number of rotatable bonds is 3. The lowest BCUT2D eigenvalue weighted by Crippen LogP contribution is -2.29. The minimum atomic E-state index is 0.291. The highest BCUT2D eigenvalue weighted by atomic mass is 28.2. The van der Waals surface area contributed by atoms with Crippen LogP contribution in [-0.2, 0) is 4.43 Å². The van der Waals surface area contributed by atoms with Crippen molar-refractivity contribution in [3.05, 3.63) is 5.92 Å². The highest BCUT2D eigenvalue weighted by Gasteiger charge is 2.24. The van der Waals surface area contributed by atoms with Gasteiger partial charge in [0.05, 0.1) is 0 Å². The third-order valence-corrected chi connectivity index (χ3v) is 2.41. The van der Waals surface area contributed by atoms with Gasteiger partial charge in [-0.3, -0.25) is 0 Å². The highest BCUT2D eigenvalue weighted by molar-refractivity contribution is 5.98. The predicted octanol–water partition coefficient (Wildman–Crippen LogP) is 1.70. The van der Waals surface area contributed by atoms with Gasteiger partial charge in [0.1, 0.15) is 10.5 Å². The van der Waals surface area contributed by atoms with Gasteiger partial charge in [-0.25, -0.2) is 0 Å². The van der Waals surface area contributed by atoms with Gasteiger partial charge in [-0.1, -0.05) is 34.6 Å². The monoisotopic (exact) mass is 173 g/mol. The van der Waals surface area contributed by atoms with E-state index in [-0.39, 0.29) is 0 Å². The minimum Gasteiger partial charge on any atom is -0.425 e. The van der Waals surface area contributed by atoms with E-state index in [1.54, 1.807) is 0 Å². The molecule has 0 amide bonds. The lowest BCUT2D eigenvalue weighted by atomic mass is 9.84. The topological polar surface area (TPSA) is 9.23 Å². The maximum absolute atomic E-state index is 5.54. The van der Waals surface area contributed by atoms with Crippen LogP contribution in [0.4, 0.5) is 0 Å². The van der Waals surface area contributed by atoms with Crippen LogP contribution in [0.5, 0.6) is 0 Å². The van der Waals surface area contributed by atoms with Crippen molar-refractivity contribution < 1.29 is 4.43 Å². The molecule has 0 rings (SSSR count). The van der Waals surface area contributed by atoms with E-state index in [0.29, 0.717) is 11.5 Å². The summed E-state index contributed by atoms with van der Waals surface area (Å²) in [6.07, 6.45) is 1.52. The second-order valence-electron chi connectivity index (χ2n) is 4.50. The molecule has 0 aromatic carbocycles. The minimum absolute atomic E-state index is 0.291. The van der Waals surface area contributed by atoms with Gasteiger partial charge >= 0.3 is 0 Å². The zero-order valence-electron chi connectivity index (χ0n) is 8.69. The van der Waals surface area contributed by atoms with E-state index in [1.807, 2.05) is 0 Å². The van der Waals surface area contributed by atoms with Crippen LogP contribution >= 0.6 is 0 Å². The van der Waals surface area contributed by atoms with Crippen LogP contribution in [0.25, 0.3) is 0 Å². The van der Waals surface area contributed by atoms with Crippen LogP contribution in [0.1, 0.15) is 41.0 Å². The molecule has 0 aromatic rings.